The molecule has 6 rings (SSSR count). The standard InChI is InChI=1S/C30H24F2N6O5S/c1-15(28-23(16-5-3-6-19(31)12-16)27(39)24-20(32)7-4-8-22(24)43-28)38-30-25(29(33)34-14-35-30)26(37-38)17-9-10-21(42-2)18(11-17)13-36-44(40)41/h3-12,14-15,36H,13H2,1-2H3,(H,40,41)(H2,33,34,35)/p-1/t15-/m0/s1. The van der Waals surface area contributed by atoms with Gasteiger partial charge in [0.25, 0.3) is 0 Å². The number of aromatic nitrogens is 4. The summed E-state index contributed by atoms with van der Waals surface area (Å²) in [6, 6.07) is 13.7. The maximum absolute atomic E-state index is 14.9. The molecule has 0 saturated heterocycles. The van der Waals surface area contributed by atoms with Gasteiger partial charge >= 0.3 is 0 Å². The van der Waals surface area contributed by atoms with E-state index in [0.717, 1.165) is 6.07 Å². The van der Waals surface area contributed by atoms with E-state index in [0.29, 0.717) is 33.6 Å². The smallest absolute Gasteiger partial charge is 0.203 e. The van der Waals surface area contributed by atoms with Gasteiger partial charge in [0.15, 0.2) is 5.65 Å². The molecule has 224 valence electrons. The van der Waals surface area contributed by atoms with Crippen LogP contribution in [0.25, 0.3) is 44.4 Å². The van der Waals surface area contributed by atoms with Crippen LogP contribution in [0, 0.1) is 11.6 Å². The van der Waals surface area contributed by atoms with Crippen molar-refractivity contribution in [2.24, 2.45) is 0 Å². The van der Waals surface area contributed by atoms with Crippen LogP contribution < -0.4 is 20.6 Å². The molecule has 1 unspecified atom stereocenters. The van der Waals surface area contributed by atoms with E-state index in [9.17, 15) is 22.3 Å². The molecule has 2 atom stereocenters. The van der Waals surface area contributed by atoms with Crippen LogP contribution in [0.5, 0.6) is 5.75 Å². The number of rotatable bonds is 8. The highest BCUT2D eigenvalue weighted by molar-refractivity contribution is 7.77. The van der Waals surface area contributed by atoms with Crippen molar-refractivity contribution in [1.29, 1.82) is 0 Å². The molecule has 0 spiro atoms. The Morgan fingerprint density at radius 2 is 1.89 bits per heavy atom. The molecule has 0 saturated carbocycles. The maximum atomic E-state index is 14.9. The molecular formula is C30H23F2N6O5S-. The number of methoxy groups -OCH3 is 1. The summed E-state index contributed by atoms with van der Waals surface area (Å²) >= 11 is -2.51. The normalized spacial score (nSPS) is 12.9. The van der Waals surface area contributed by atoms with Gasteiger partial charge in [0.05, 0.1) is 18.1 Å². The highest BCUT2D eigenvalue weighted by Crippen LogP contribution is 2.37. The van der Waals surface area contributed by atoms with Gasteiger partial charge in [0, 0.05) is 28.9 Å². The van der Waals surface area contributed by atoms with Gasteiger partial charge in [-0.1, -0.05) is 18.2 Å². The van der Waals surface area contributed by atoms with Crippen molar-refractivity contribution in [3.63, 3.8) is 0 Å². The minimum absolute atomic E-state index is 0.00545. The summed E-state index contributed by atoms with van der Waals surface area (Å²) in [6.45, 7) is 1.65. The second-order valence-electron chi connectivity index (χ2n) is 9.80. The number of nitrogens with one attached hydrogen (secondary N) is 1. The van der Waals surface area contributed by atoms with Crippen molar-refractivity contribution in [3.8, 4) is 28.1 Å². The number of nitrogens with two attached hydrogens (primary N) is 1. The van der Waals surface area contributed by atoms with Crippen molar-refractivity contribution >= 4 is 39.1 Å². The quantitative estimate of drug-likeness (QED) is 0.232. The number of hydrogen-bond donors (Lipinski definition) is 2. The first-order valence-electron chi connectivity index (χ1n) is 13.2. The number of halogens is 2. The van der Waals surface area contributed by atoms with Crippen molar-refractivity contribution in [2.75, 3.05) is 12.8 Å². The summed E-state index contributed by atoms with van der Waals surface area (Å²) in [7, 11) is 1.46. The third-order valence-electron chi connectivity index (χ3n) is 7.21. The second-order valence-corrected chi connectivity index (χ2v) is 10.6. The summed E-state index contributed by atoms with van der Waals surface area (Å²) < 4.78 is 66.9. The van der Waals surface area contributed by atoms with Crippen LogP contribution in [0.4, 0.5) is 14.6 Å². The van der Waals surface area contributed by atoms with Gasteiger partial charge in [-0.2, -0.15) is 5.10 Å². The molecular weight excluding hydrogens is 594 g/mol. The molecule has 0 aliphatic carbocycles. The Morgan fingerprint density at radius 3 is 2.64 bits per heavy atom. The average Bonchev–Trinajstić information content (AvgIpc) is 3.40. The van der Waals surface area contributed by atoms with Gasteiger partial charge in [-0.3, -0.25) is 9.00 Å². The van der Waals surface area contributed by atoms with Crippen LogP contribution in [0.15, 0.2) is 76.2 Å². The Bertz CT molecular complexity index is 2150. The highest BCUT2D eigenvalue weighted by atomic mass is 32.2. The number of fused-ring (bicyclic) bond motifs is 2. The van der Waals surface area contributed by atoms with Gasteiger partial charge in [0.2, 0.25) is 5.43 Å². The minimum Gasteiger partial charge on any atom is -0.760 e. The zero-order valence-electron chi connectivity index (χ0n) is 23.2. The highest BCUT2D eigenvalue weighted by Gasteiger charge is 2.28. The largest absolute Gasteiger partial charge is 0.760 e. The Balaban J connectivity index is 1.59. The van der Waals surface area contributed by atoms with Gasteiger partial charge < -0.3 is 19.4 Å². The molecule has 11 nitrogen and oxygen atoms in total. The van der Waals surface area contributed by atoms with Gasteiger partial charge in [-0.05, 0) is 55.0 Å². The fraction of sp³-hybridized carbons (Fsp3) is 0.133. The summed E-state index contributed by atoms with van der Waals surface area (Å²) in [5, 5.41) is 4.93. The molecule has 14 heteroatoms. The first-order valence-corrected chi connectivity index (χ1v) is 14.2. The second kappa shape index (κ2) is 11.6. The van der Waals surface area contributed by atoms with E-state index in [-0.39, 0.29) is 40.2 Å². The van der Waals surface area contributed by atoms with E-state index in [1.54, 1.807) is 25.1 Å². The molecule has 3 heterocycles. The SMILES string of the molecule is COc1ccc(-c2nn([C@@H](C)c3oc4cccc(F)c4c(=O)c3-c3cccc(F)c3)c3ncnc(N)c23)cc1CNS(=O)[O-]. The molecule has 3 aromatic heterocycles. The zero-order chi connectivity index (χ0) is 31.1. The van der Waals surface area contributed by atoms with Crippen LogP contribution in [-0.2, 0) is 17.8 Å². The molecule has 3 aromatic carbocycles. The van der Waals surface area contributed by atoms with E-state index >= 15 is 0 Å². The van der Waals surface area contributed by atoms with Crippen LogP contribution in [0.1, 0.15) is 24.3 Å². The molecule has 3 N–H and O–H groups in total. The first-order chi connectivity index (χ1) is 21.2. The zero-order valence-corrected chi connectivity index (χ0v) is 24.0. The molecule has 0 radical (unpaired) electrons. The van der Waals surface area contributed by atoms with Crippen molar-refractivity contribution in [1.82, 2.24) is 24.5 Å². The topological polar surface area (TPSA) is 161 Å². The van der Waals surface area contributed by atoms with Crippen LogP contribution >= 0.6 is 0 Å². The third kappa shape index (κ3) is 5.08. The molecule has 0 amide bonds. The lowest BCUT2D eigenvalue weighted by molar-refractivity contribution is 0.409. The van der Waals surface area contributed by atoms with Crippen LogP contribution in [0.2, 0.25) is 0 Å². The maximum Gasteiger partial charge on any atom is 0.203 e. The number of anilines is 1. The number of ether oxygens (including phenoxy) is 1. The third-order valence-corrected chi connectivity index (χ3v) is 7.59. The number of nitrogens with zero attached hydrogens (tertiary/aromatic N) is 4. The average molecular weight is 618 g/mol. The lowest BCUT2D eigenvalue weighted by Gasteiger charge is -2.17. The van der Waals surface area contributed by atoms with E-state index in [1.165, 1.54) is 54.5 Å². The molecule has 44 heavy (non-hydrogen) atoms. The van der Waals surface area contributed by atoms with Crippen LogP contribution in [-0.4, -0.2) is 35.6 Å². The number of benzene rings is 3. The first kappa shape index (κ1) is 29.0. The molecule has 0 aliphatic heterocycles. The predicted molar refractivity (Wildman–Crippen MR) is 159 cm³/mol. The van der Waals surface area contributed by atoms with Crippen molar-refractivity contribution in [3.05, 3.63) is 100 Å². The number of hydrogen-bond acceptors (Lipinski definition) is 9. The Hall–Kier alpha value is -5.05. The Labute approximate surface area is 250 Å². The molecule has 0 aliphatic rings. The predicted octanol–water partition coefficient (Wildman–Crippen LogP) is 4.63. The van der Waals surface area contributed by atoms with Gasteiger partial charge in [-0.25, -0.2) is 28.2 Å². The lowest BCUT2D eigenvalue weighted by Crippen LogP contribution is -2.17. The fourth-order valence-electron chi connectivity index (χ4n) is 5.21. The summed E-state index contributed by atoms with van der Waals surface area (Å²) in [5.74, 6) is -0.715. The monoisotopic (exact) mass is 617 g/mol. The van der Waals surface area contributed by atoms with Crippen molar-refractivity contribution in [2.45, 2.75) is 19.5 Å². The summed E-state index contributed by atoms with van der Waals surface area (Å²) in [6.07, 6.45) is 1.26. The molecule has 6 aromatic rings. The van der Waals surface area contributed by atoms with E-state index < -0.39 is 34.4 Å². The Morgan fingerprint density at radius 1 is 1.09 bits per heavy atom. The Kier molecular flexibility index (Phi) is 7.63. The van der Waals surface area contributed by atoms with E-state index in [2.05, 4.69) is 14.7 Å². The van der Waals surface area contributed by atoms with E-state index in [1.807, 2.05) is 0 Å². The minimum atomic E-state index is -2.51. The van der Waals surface area contributed by atoms with E-state index in [4.69, 9.17) is 20.0 Å². The van der Waals surface area contributed by atoms with Gasteiger partial charge in [-0.15, -0.1) is 0 Å². The fourth-order valence-corrected chi connectivity index (χ4v) is 5.48. The molecule has 0 bridgehead atoms. The van der Waals surface area contributed by atoms with Crippen LogP contribution in [0.3, 0.4) is 0 Å². The van der Waals surface area contributed by atoms with Crippen molar-refractivity contribution < 1.29 is 26.7 Å². The lowest BCUT2D eigenvalue weighted by atomic mass is 9.99. The summed E-state index contributed by atoms with van der Waals surface area (Å²) in [4.78, 5) is 22.4. The summed E-state index contributed by atoms with van der Waals surface area (Å²) in [5.41, 5.74) is 7.52. The number of nitrogen functional groups attached to an aromatic ring is 1. The molecule has 0 fully saturated rings. The van der Waals surface area contributed by atoms with Gasteiger partial charge in [0.1, 0.15) is 58.0 Å².